The fourth-order valence-electron chi connectivity index (χ4n) is 2.85. The zero-order valence-electron chi connectivity index (χ0n) is 14.5. The summed E-state index contributed by atoms with van der Waals surface area (Å²) >= 11 is 6.27. The Labute approximate surface area is 161 Å². The minimum atomic E-state index is -0.326. The molecule has 2 heterocycles. The molecule has 1 aliphatic heterocycles. The lowest BCUT2D eigenvalue weighted by atomic mass is 10.2. The van der Waals surface area contributed by atoms with Crippen molar-refractivity contribution in [1.82, 2.24) is 9.78 Å². The summed E-state index contributed by atoms with van der Waals surface area (Å²) in [5.41, 5.74) is 2.15. The fraction of sp³-hybridized carbons (Fsp3) is 0.200. The average Bonchev–Trinajstić information content (AvgIpc) is 2.71. The first-order chi connectivity index (χ1) is 13.2. The summed E-state index contributed by atoms with van der Waals surface area (Å²) in [5.74, 6) is 1.47. The number of rotatable bonds is 5. The van der Waals surface area contributed by atoms with Gasteiger partial charge in [0.1, 0.15) is 18.2 Å². The summed E-state index contributed by atoms with van der Waals surface area (Å²) in [6, 6.07) is 15.4. The van der Waals surface area contributed by atoms with E-state index in [9.17, 15) is 4.79 Å². The predicted octanol–water partition coefficient (Wildman–Crippen LogP) is 3.33. The van der Waals surface area contributed by atoms with Gasteiger partial charge in [-0.2, -0.15) is 5.10 Å². The molecule has 2 aromatic carbocycles. The molecule has 0 saturated heterocycles. The Balaban J connectivity index is 1.48. The van der Waals surface area contributed by atoms with Gasteiger partial charge in [-0.3, -0.25) is 4.79 Å². The number of nitrogens with one attached hydrogen (secondary N) is 1. The van der Waals surface area contributed by atoms with E-state index in [0.717, 1.165) is 22.6 Å². The van der Waals surface area contributed by atoms with Crippen molar-refractivity contribution in [3.8, 4) is 11.5 Å². The van der Waals surface area contributed by atoms with E-state index in [-0.39, 0.29) is 10.6 Å². The van der Waals surface area contributed by atoms with Gasteiger partial charge in [0.2, 0.25) is 0 Å². The van der Waals surface area contributed by atoms with Gasteiger partial charge >= 0.3 is 0 Å². The van der Waals surface area contributed by atoms with Crippen LogP contribution < -0.4 is 20.3 Å². The van der Waals surface area contributed by atoms with Crippen molar-refractivity contribution in [1.29, 1.82) is 0 Å². The largest absolute Gasteiger partial charge is 0.486 e. The first-order valence-electron chi connectivity index (χ1n) is 8.62. The molecule has 1 aromatic heterocycles. The Morgan fingerprint density at radius 1 is 1.04 bits per heavy atom. The van der Waals surface area contributed by atoms with Crippen molar-refractivity contribution in [3.63, 3.8) is 0 Å². The van der Waals surface area contributed by atoms with Crippen molar-refractivity contribution >= 4 is 17.3 Å². The second-order valence-corrected chi connectivity index (χ2v) is 6.53. The number of benzene rings is 2. The van der Waals surface area contributed by atoms with Crippen LogP contribution in [0.1, 0.15) is 11.1 Å². The number of hydrogen-bond acceptors (Lipinski definition) is 5. The van der Waals surface area contributed by atoms with Crippen LogP contribution in [0.5, 0.6) is 11.5 Å². The molecule has 27 heavy (non-hydrogen) atoms. The molecular weight excluding hydrogens is 366 g/mol. The van der Waals surface area contributed by atoms with Gasteiger partial charge in [-0.1, -0.05) is 48.0 Å². The fourth-order valence-corrected chi connectivity index (χ4v) is 3.07. The standard InChI is InChI=1S/C20H18ClN3O3/c21-19-16(12-23-24(20(19)25)13-14-4-2-1-3-5-14)22-11-15-6-7-17-18(10-15)27-9-8-26-17/h1-7,10,12,22H,8-9,11,13H2. The highest BCUT2D eigenvalue weighted by atomic mass is 35.5. The summed E-state index contributed by atoms with van der Waals surface area (Å²) in [6.45, 7) is 1.96. The van der Waals surface area contributed by atoms with Gasteiger partial charge < -0.3 is 14.8 Å². The Hall–Kier alpha value is -2.99. The second-order valence-electron chi connectivity index (χ2n) is 6.15. The van der Waals surface area contributed by atoms with Crippen LogP contribution in [0.25, 0.3) is 0 Å². The van der Waals surface area contributed by atoms with E-state index in [1.165, 1.54) is 4.68 Å². The predicted molar refractivity (Wildman–Crippen MR) is 104 cm³/mol. The molecule has 7 heteroatoms. The zero-order chi connectivity index (χ0) is 18.6. The van der Waals surface area contributed by atoms with E-state index < -0.39 is 0 Å². The van der Waals surface area contributed by atoms with Gasteiger partial charge in [-0.25, -0.2) is 4.68 Å². The van der Waals surface area contributed by atoms with Crippen molar-refractivity contribution in [3.05, 3.63) is 81.2 Å². The van der Waals surface area contributed by atoms with Crippen LogP contribution in [0.2, 0.25) is 5.02 Å². The van der Waals surface area contributed by atoms with Crippen molar-refractivity contribution in [2.45, 2.75) is 13.1 Å². The molecule has 0 fully saturated rings. The smallest absolute Gasteiger partial charge is 0.287 e. The van der Waals surface area contributed by atoms with Crippen LogP contribution in [0.3, 0.4) is 0 Å². The van der Waals surface area contributed by atoms with Crippen LogP contribution >= 0.6 is 11.6 Å². The molecule has 1 N–H and O–H groups in total. The first kappa shape index (κ1) is 17.4. The zero-order valence-corrected chi connectivity index (χ0v) is 15.3. The van der Waals surface area contributed by atoms with E-state index in [2.05, 4.69) is 10.4 Å². The Kier molecular flexibility index (Phi) is 4.98. The van der Waals surface area contributed by atoms with Gasteiger partial charge in [0.05, 0.1) is 18.4 Å². The molecule has 0 unspecified atom stereocenters. The van der Waals surface area contributed by atoms with E-state index in [0.29, 0.717) is 32.0 Å². The third kappa shape index (κ3) is 3.90. The molecule has 0 radical (unpaired) electrons. The lowest BCUT2D eigenvalue weighted by molar-refractivity contribution is 0.171. The van der Waals surface area contributed by atoms with Crippen molar-refractivity contribution in [2.75, 3.05) is 18.5 Å². The van der Waals surface area contributed by atoms with Gasteiger partial charge in [0.25, 0.3) is 5.56 Å². The third-order valence-corrected chi connectivity index (χ3v) is 4.61. The molecule has 0 bridgehead atoms. The summed E-state index contributed by atoms with van der Waals surface area (Å²) in [6.07, 6.45) is 1.57. The summed E-state index contributed by atoms with van der Waals surface area (Å²) in [7, 11) is 0. The van der Waals surface area contributed by atoms with E-state index in [4.69, 9.17) is 21.1 Å². The Bertz CT molecular complexity index is 1010. The third-order valence-electron chi connectivity index (χ3n) is 4.25. The molecule has 138 valence electrons. The average molecular weight is 384 g/mol. The maximum Gasteiger partial charge on any atom is 0.287 e. The number of halogens is 1. The first-order valence-corrected chi connectivity index (χ1v) is 9.00. The van der Waals surface area contributed by atoms with E-state index in [1.54, 1.807) is 6.20 Å². The van der Waals surface area contributed by atoms with Crippen LogP contribution in [0.4, 0.5) is 5.69 Å². The van der Waals surface area contributed by atoms with Crippen molar-refractivity contribution < 1.29 is 9.47 Å². The Morgan fingerprint density at radius 3 is 2.63 bits per heavy atom. The van der Waals surface area contributed by atoms with Gasteiger partial charge in [0.15, 0.2) is 11.5 Å². The SMILES string of the molecule is O=c1c(Cl)c(NCc2ccc3c(c2)OCCO3)cnn1Cc1ccccc1. The molecular formula is C20H18ClN3O3. The summed E-state index contributed by atoms with van der Waals surface area (Å²) < 4.78 is 12.5. The topological polar surface area (TPSA) is 65.4 Å². The Morgan fingerprint density at radius 2 is 1.81 bits per heavy atom. The van der Waals surface area contributed by atoms with Crippen LogP contribution in [-0.2, 0) is 13.1 Å². The maximum atomic E-state index is 12.5. The minimum absolute atomic E-state index is 0.124. The molecule has 6 nitrogen and oxygen atoms in total. The normalized spacial score (nSPS) is 12.6. The van der Waals surface area contributed by atoms with Crippen LogP contribution in [0.15, 0.2) is 59.5 Å². The molecule has 3 aromatic rings. The number of hydrogen-bond donors (Lipinski definition) is 1. The number of nitrogens with zero attached hydrogens (tertiary/aromatic N) is 2. The molecule has 0 atom stereocenters. The summed E-state index contributed by atoms with van der Waals surface area (Å²) in [4.78, 5) is 12.5. The van der Waals surface area contributed by atoms with E-state index in [1.807, 2.05) is 48.5 Å². The molecule has 0 amide bonds. The van der Waals surface area contributed by atoms with Gasteiger partial charge in [-0.15, -0.1) is 0 Å². The summed E-state index contributed by atoms with van der Waals surface area (Å²) in [5, 5.41) is 7.52. The quantitative estimate of drug-likeness (QED) is 0.732. The highest BCUT2D eigenvalue weighted by molar-refractivity contribution is 6.32. The van der Waals surface area contributed by atoms with Crippen LogP contribution in [-0.4, -0.2) is 23.0 Å². The van der Waals surface area contributed by atoms with Crippen molar-refractivity contribution in [2.24, 2.45) is 0 Å². The molecule has 0 aliphatic carbocycles. The number of anilines is 1. The maximum absolute atomic E-state index is 12.5. The molecule has 1 aliphatic rings. The molecule has 0 saturated carbocycles. The second kappa shape index (κ2) is 7.72. The number of aromatic nitrogens is 2. The number of ether oxygens (including phenoxy) is 2. The molecule has 4 rings (SSSR count). The highest BCUT2D eigenvalue weighted by Crippen LogP contribution is 2.31. The lowest BCUT2D eigenvalue weighted by Crippen LogP contribution is -2.24. The molecule has 0 spiro atoms. The monoisotopic (exact) mass is 383 g/mol. The van der Waals surface area contributed by atoms with Gasteiger partial charge in [-0.05, 0) is 23.3 Å². The number of fused-ring (bicyclic) bond motifs is 1. The highest BCUT2D eigenvalue weighted by Gasteiger charge is 2.13. The van der Waals surface area contributed by atoms with E-state index >= 15 is 0 Å². The van der Waals surface area contributed by atoms with Crippen LogP contribution in [0, 0.1) is 0 Å². The minimum Gasteiger partial charge on any atom is -0.486 e. The van der Waals surface area contributed by atoms with Gasteiger partial charge in [0, 0.05) is 6.54 Å². The lowest BCUT2D eigenvalue weighted by Gasteiger charge is -2.19.